The van der Waals surface area contributed by atoms with Crippen molar-refractivity contribution in [1.29, 1.82) is 5.26 Å². The number of carbonyl (C=O) groups is 1. The van der Waals surface area contributed by atoms with Crippen LogP contribution in [0.2, 0.25) is 0 Å². The number of carboxylic acids is 1. The first kappa shape index (κ1) is 10.0. The van der Waals surface area contributed by atoms with Gasteiger partial charge in [-0.05, 0) is 25.7 Å². The molecule has 0 aromatic rings. The van der Waals surface area contributed by atoms with E-state index in [1.165, 1.54) is 0 Å². The van der Waals surface area contributed by atoms with Crippen molar-refractivity contribution in [1.82, 2.24) is 0 Å². The van der Waals surface area contributed by atoms with E-state index in [4.69, 9.17) is 10.4 Å². The lowest BCUT2D eigenvalue weighted by molar-refractivity contribution is -0.142. The van der Waals surface area contributed by atoms with Crippen LogP contribution >= 0.6 is 0 Å². The highest BCUT2D eigenvalue weighted by molar-refractivity contribution is 5.69. The normalized spacial score (nSPS) is 29.8. The molecule has 3 nitrogen and oxygen atoms in total. The second-order valence-electron chi connectivity index (χ2n) is 3.72. The minimum absolute atomic E-state index is 0.0853. The lowest BCUT2D eigenvalue weighted by atomic mass is 9.86. The zero-order valence-corrected chi connectivity index (χ0v) is 7.70. The Kier molecular flexibility index (Phi) is 3.75. The number of rotatable bonds is 1. The van der Waals surface area contributed by atoms with Crippen LogP contribution in [-0.2, 0) is 4.79 Å². The molecule has 0 heterocycles. The van der Waals surface area contributed by atoms with Gasteiger partial charge in [-0.15, -0.1) is 0 Å². The maximum Gasteiger partial charge on any atom is 0.306 e. The molecule has 0 aromatic heterocycles. The first-order valence-electron chi connectivity index (χ1n) is 4.86. The molecule has 0 aliphatic heterocycles. The lowest BCUT2D eigenvalue weighted by Crippen LogP contribution is -2.17. The van der Waals surface area contributed by atoms with E-state index >= 15 is 0 Å². The summed E-state index contributed by atoms with van der Waals surface area (Å²) in [6.07, 6.45) is 5.12. The highest BCUT2D eigenvalue weighted by Gasteiger charge is 2.21. The molecule has 1 aliphatic rings. The summed E-state index contributed by atoms with van der Waals surface area (Å²) in [6.45, 7) is 0. The summed E-state index contributed by atoms with van der Waals surface area (Å²) in [6, 6.07) is 2.24. The Morgan fingerprint density at radius 3 is 2.54 bits per heavy atom. The minimum Gasteiger partial charge on any atom is -0.481 e. The molecule has 0 amide bonds. The van der Waals surface area contributed by atoms with Crippen LogP contribution in [0.5, 0.6) is 0 Å². The van der Waals surface area contributed by atoms with Crippen molar-refractivity contribution in [2.45, 2.75) is 38.5 Å². The SMILES string of the molecule is N#CC1CCCCC(C(=O)O)CC1. The summed E-state index contributed by atoms with van der Waals surface area (Å²) in [4.78, 5) is 10.7. The quantitative estimate of drug-likeness (QED) is 0.674. The fourth-order valence-corrected chi connectivity index (χ4v) is 1.85. The van der Waals surface area contributed by atoms with Gasteiger partial charge in [0.05, 0.1) is 12.0 Å². The number of hydrogen-bond acceptors (Lipinski definition) is 2. The minimum atomic E-state index is -0.696. The molecule has 1 fully saturated rings. The highest BCUT2D eigenvalue weighted by atomic mass is 16.4. The smallest absolute Gasteiger partial charge is 0.306 e. The zero-order chi connectivity index (χ0) is 9.68. The molecular formula is C10H15NO2. The molecule has 2 atom stereocenters. The number of carboxylic acid groups (broad SMARTS) is 1. The van der Waals surface area contributed by atoms with Crippen molar-refractivity contribution in [3.63, 3.8) is 0 Å². The van der Waals surface area contributed by atoms with Crippen LogP contribution in [-0.4, -0.2) is 11.1 Å². The van der Waals surface area contributed by atoms with E-state index in [9.17, 15) is 4.79 Å². The van der Waals surface area contributed by atoms with Crippen LogP contribution in [0.1, 0.15) is 38.5 Å². The predicted octanol–water partition coefficient (Wildman–Crippen LogP) is 2.18. The van der Waals surface area contributed by atoms with Crippen molar-refractivity contribution in [3.05, 3.63) is 0 Å². The Morgan fingerprint density at radius 2 is 1.92 bits per heavy atom. The van der Waals surface area contributed by atoms with Crippen LogP contribution in [0, 0.1) is 23.2 Å². The second kappa shape index (κ2) is 4.86. The Hall–Kier alpha value is -1.04. The molecule has 2 unspecified atom stereocenters. The fraction of sp³-hybridized carbons (Fsp3) is 0.800. The van der Waals surface area contributed by atoms with Gasteiger partial charge in [-0.25, -0.2) is 0 Å². The summed E-state index contributed by atoms with van der Waals surface area (Å²) in [5.74, 6) is -0.822. The topological polar surface area (TPSA) is 61.1 Å². The molecule has 0 bridgehead atoms. The van der Waals surface area contributed by atoms with Crippen molar-refractivity contribution >= 4 is 5.97 Å². The lowest BCUT2D eigenvalue weighted by Gasteiger charge is -2.18. The number of nitriles is 1. The Bertz CT molecular complexity index is 219. The predicted molar refractivity (Wildman–Crippen MR) is 47.9 cm³/mol. The van der Waals surface area contributed by atoms with Crippen molar-refractivity contribution in [3.8, 4) is 6.07 Å². The summed E-state index contributed by atoms with van der Waals surface area (Å²) < 4.78 is 0. The van der Waals surface area contributed by atoms with Crippen LogP contribution in [0.3, 0.4) is 0 Å². The summed E-state index contributed by atoms with van der Waals surface area (Å²) in [5.41, 5.74) is 0. The molecule has 1 aliphatic carbocycles. The molecule has 0 saturated heterocycles. The molecule has 1 saturated carbocycles. The van der Waals surface area contributed by atoms with Gasteiger partial charge >= 0.3 is 5.97 Å². The molecule has 0 spiro atoms. The van der Waals surface area contributed by atoms with Gasteiger partial charge < -0.3 is 5.11 Å². The van der Waals surface area contributed by atoms with Crippen LogP contribution in [0.15, 0.2) is 0 Å². The standard InChI is InChI=1S/C10H15NO2/c11-7-8-3-1-2-4-9(6-5-8)10(12)13/h8-9H,1-6H2,(H,12,13). The third kappa shape index (κ3) is 3.06. The van der Waals surface area contributed by atoms with Crippen molar-refractivity contribution in [2.24, 2.45) is 11.8 Å². The van der Waals surface area contributed by atoms with Gasteiger partial charge in [-0.3, -0.25) is 4.79 Å². The Balaban J connectivity index is 2.46. The molecule has 0 radical (unpaired) electrons. The van der Waals surface area contributed by atoms with Gasteiger partial charge in [-0.2, -0.15) is 5.26 Å². The van der Waals surface area contributed by atoms with Gasteiger partial charge in [0.1, 0.15) is 0 Å². The Labute approximate surface area is 78.4 Å². The van der Waals surface area contributed by atoms with Crippen LogP contribution in [0.4, 0.5) is 0 Å². The third-order valence-corrected chi connectivity index (χ3v) is 2.75. The molecule has 3 heteroatoms. The maximum atomic E-state index is 10.7. The van der Waals surface area contributed by atoms with Crippen molar-refractivity contribution in [2.75, 3.05) is 0 Å². The van der Waals surface area contributed by atoms with Crippen molar-refractivity contribution < 1.29 is 9.90 Å². The molecule has 0 aromatic carbocycles. The molecule has 1 rings (SSSR count). The van der Waals surface area contributed by atoms with Crippen LogP contribution in [0.25, 0.3) is 0 Å². The maximum absolute atomic E-state index is 10.7. The molecular weight excluding hydrogens is 166 g/mol. The fourth-order valence-electron chi connectivity index (χ4n) is 1.85. The molecule has 1 N–H and O–H groups in total. The van der Waals surface area contributed by atoms with Crippen LogP contribution < -0.4 is 0 Å². The largest absolute Gasteiger partial charge is 0.481 e. The number of hydrogen-bond donors (Lipinski definition) is 1. The van der Waals surface area contributed by atoms with E-state index in [0.29, 0.717) is 6.42 Å². The van der Waals surface area contributed by atoms with E-state index in [-0.39, 0.29) is 11.8 Å². The van der Waals surface area contributed by atoms with E-state index in [2.05, 4.69) is 6.07 Å². The van der Waals surface area contributed by atoms with E-state index in [1.807, 2.05) is 0 Å². The average Bonchev–Trinajstić information content (AvgIpc) is 2.03. The van der Waals surface area contributed by atoms with E-state index in [0.717, 1.165) is 32.1 Å². The third-order valence-electron chi connectivity index (χ3n) is 2.75. The first-order chi connectivity index (χ1) is 6.24. The highest BCUT2D eigenvalue weighted by Crippen LogP contribution is 2.25. The molecule has 13 heavy (non-hydrogen) atoms. The molecule has 72 valence electrons. The summed E-state index contributed by atoms with van der Waals surface area (Å²) in [7, 11) is 0. The number of nitrogens with zero attached hydrogens (tertiary/aromatic N) is 1. The zero-order valence-electron chi connectivity index (χ0n) is 7.70. The van der Waals surface area contributed by atoms with Gasteiger partial charge in [0.2, 0.25) is 0 Å². The number of aliphatic carboxylic acids is 1. The Morgan fingerprint density at radius 1 is 1.23 bits per heavy atom. The monoisotopic (exact) mass is 181 g/mol. The van der Waals surface area contributed by atoms with Gasteiger partial charge in [0.25, 0.3) is 0 Å². The van der Waals surface area contributed by atoms with Gasteiger partial charge in [0, 0.05) is 5.92 Å². The van der Waals surface area contributed by atoms with Gasteiger partial charge in [0.15, 0.2) is 0 Å². The van der Waals surface area contributed by atoms with E-state index in [1.54, 1.807) is 0 Å². The second-order valence-corrected chi connectivity index (χ2v) is 3.72. The summed E-state index contributed by atoms with van der Waals surface area (Å²) in [5, 5.41) is 17.6. The average molecular weight is 181 g/mol. The summed E-state index contributed by atoms with van der Waals surface area (Å²) >= 11 is 0. The van der Waals surface area contributed by atoms with Gasteiger partial charge in [-0.1, -0.05) is 12.8 Å². The van der Waals surface area contributed by atoms with E-state index < -0.39 is 5.97 Å². The first-order valence-corrected chi connectivity index (χ1v) is 4.86.